The molecular weight excluding hydrogens is 326 g/mol. The first-order chi connectivity index (χ1) is 6.74. The molecule has 0 saturated heterocycles. The molecule has 0 unspecified atom stereocenters. The summed E-state index contributed by atoms with van der Waals surface area (Å²) in [7, 11) is 0. The smallest absolute Gasteiger partial charge is 0.0843 e. The minimum absolute atomic E-state index is 0.829. The molecule has 1 heterocycles. The molecule has 0 saturated carbocycles. The lowest BCUT2D eigenvalue weighted by Crippen LogP contribution is -1.97. The van der Waals surface area contributed by atoms with E-state index in [0.717, 1.165) is 13.0 Å². The van der Waals surface area contributed by atoms with Gasteiger partial charge in [0.15, 0.2) is 0 Å². The molecule has 1 aromatic rings. The third-order valence-corrected chi connectivity index (χ3v) is 5.39. The van der Waals surface area contributed by atoms with Crippen LogP contribution in [0.5, 0.6) is 0 Å². The Morgan fingerprint density at radius 3 is 2.43 bits per heavy atom. The zero-order valence-electron chi connectivity index (χ0n) is 8.06. The summed E-state index contributed by atoms with van der Waals surface area (Å²) in [5.41, 5.74) is 5.43. The molecule has 0 radical (unpaired) electrons. The fourth-order valence-electron chi connectivity index (χ4n) is 1.31. The first-order valence-corrected chi connectivity index (χ1v) is 7.28. The average molecular weight is 341 g/mol. The van der Waals surface area contributed by atoms with E-state index >= 15 is 0 Å². The van der Waals surface area contributed by atoms with Gasteiger partial charge in [0, 0.05) is 9.35 Å². The molecule has 0 bridgehead atoms. The highest BCUT2D eigenvalue weighted by molar-refractivity contribution is 9.13. The van der Waals surface area contributed by atoms with Crippen LogP contribution in [0.25, 0.3) is 0 Å². The van der Waals surface area contributed by atoms with E-state index in [-0.39, 0.29) is 0 Å². The lowest BCUT2D eigenvalue weighted by Gasteiger charge is -1.97. The molecule has 2 N–H and O–H groups in total. The van der Waals surface area contributed by atoms with E-state index < -0.39 is 0 Å². The Hall–Kier alpha value is 0.620. The van der Waals surface area contributed by atoms with E-state index in [1.807, 2.05) is 11.3 Å². The molecule has 14 heavy (non-hydrogen) atoms. The second-order valence-electron chi connectivity index (χ2n) is 3.29. The predicted molar refractivity (Wildman–Crippen MR) is 70.9 cm³/mol. The molecule has 1 nitrogen and oxygen atoms in total. The fourth-order valence-corrected chi connectivity index (χ4v) is 3.53. The lowest BCUT2D eigenvalue weighted by atomic mass is 10.1. The molecule has 0 amide bonds. The summed E-state index contributed by atoms with van der Waals surface area (Å²) in [5.74, 6) is 0. The second-order valence-corrected chi connectivity index (χ2v) is 6.60. The SMILES string of the molecule is NCCCCCCc1cc(Br)c(Br)s1. The van der Waals surface area contributed by atoms with Crippen molar-refractivity contribution in [3.63, 3.8) is 0 Å². The maximum Gasteiger partial charge on any atom is 0.0843 e. The molecule has 1 aromatic heterocycles. The van der Waals surface area contributed by atoms with Gasteiger partial charge in [0.05, 0.1) is 3.79 Å². The highest BCUT2D eigenvalue weighted by Crippen LogP contribution is 2.33. The Balaban J connectivity index is 2.18. The minimum atomic E-state index is 0.829. The molecule has 80 valence electrons. The Bertz CT molecular complexity index is 254. The van der Waals surface area contributed by atoms with Crippen molar-refractivity contribution >= 4 is 43.2 Å². The van der Waals surface area contributed by atoms with Crippen LogP contribution in [0.15, 0.2) is 14.3 Å². The van der Waals surface area contributed by atoms with Crippen molar-refractivity contribution in [3.8, 4) is 0 Å². The zero-order chi connectivity index (χ0) is 10.4. The molecule has 0 aliphatic heterocycles. The Morgan fingerprint density at radius 1 is 1.14 bits per heavy atom. The van der Waals surface area contributed by atoms with E-state index in [4.69, 9.17) is 5.73 Å². The van der Waals surface area contributed by atoms with Gasteiger partial charge >= 0.3 is 0 Å². The minimum Gasteiger partial charge on any atom is -0.330 e. The summed E-state index contributed by atoms with van der Waals surface area (Å²) in [6.07, 6.45) is 6.20. The van der Waals surface area contributed by atoms with Gasteiger partial charge in [0.25, 0.3) is 0 Å². The van der Waals surface area contributed by atoms with Crippen molar-refractivity contribution in [1.29, 1.82) is 0 Å². The maximum absolute atomic E-state index is 5.43. The highest BCUT2D eigenvalue weighted by Gasteiger charge is 2.03. The molecular formula is C10H15Br2NS. The van der Waals surface area contributed by atoms with Crippen LogP contribution in [0.1, 0.15) is 30.6 Å². The van der Waals surface area contributed by atoms with Gasteiger partial charge in [-0.15, -0.1) is 11.3 Å². The van der Waals surface area contributed by atoms with E-state index in [1.165, 1.54) is 38.8 Å². The summed E-state index contributed by atoms with van der Waals surface area (Å²) in [5, 5.41) is 0. The van der Waals surface area contributed by atoms with Crippen molar-refractivity contribution in [1.82, 2.24) is 0 Å². The zero-order valence-corrected chi connectivity index (χ0v) is 12.1. The number of hydrogen-bond acceptors (Lipinski definition) is 2. The summed E-state index contributed by atoms with van der Waals surface area (Å²) in [6.45, 7) is 0.829. The Labute approximate surface area is 106 Å². The van der Waals surface area contributed by atoms with Crippen LogP contribution in [0.3, 0.4) is 0 Å². The van der Waals surface area contributed by atoms with Crippen molar-refractivity contribution in [3.05, 3.63) is 19.2 Å². The number of halogens is 2. The number of hydrogen-bond donors (Lipinski definition) is 1. The van der Waals surface area contributed by atoms with Crippen molar-refractivity contribution in [2.75, 3.05) is 6.54 Å². The van der Waals surface area contributed by atoms with Crippen molar-refractivity contribution in [2.24, 2.45) is 5.73 Å². The molecule has 0 spiro atoms. The summed E-state index contributed by atoms with van der Waals surface area (Å²) < 4.78 is 2.38. The summed E-state index contributed by atoms with van der Waals surface area (Å²) >= 11 is 8.83. The second kappa shape index (κ2) is 6.99. The Kier molecular flexibility index (Phi) is 6.33. The summed E-state index contributed by atoms with van der Waals surface area (Å²) in [6, 6.07) is 2.21. The van der Waals surface area contributed by atoms with E-state index in [9.17, 15) is 0 Å². The monoisotopic (exact) mass is 339 g/mol. The fraction of sp³-hybridized carbons (Fsp3) is 0.600. The first-order valence-electron chi connectivity index (χ1n) is 4.88. The normalized spacial score (nSPS) is 10.8. The van der Waals surface area contributed by atoms with E-state index in [0.29, 0.717) is 0 Å². The van der Waals surface area contributed by atoms with Gasteiger partial charge in [0.1, 0.15) is 0 Å². The molecule has 0 aliphatic rings. The van der Waals surface area contributed by atoms with Crippen LogP contribution >= 0.6 is 43.2 Å². The van der Waals surface area contributed by atoms with Crippen LogP contribution in [-0.2, 0) is 6.42 Å². The third-order valence-electron chi connectivity index (χ3n) is 2.07. The largest absolute Gasteiger partial charge is 0.330 e. The van der Waals surface area contributed by atoms with Crippen LogP contribution < -0.4 is 5.73 Å². The van der Waals surface area contributed by atoms with Crippen LogP contribution in [0, 0.1) is 0 Å². The van der Waals surface area contributed by atoms with Crippen molar-refractivity contribution in [2.45, 2.75) is 32.1 Å². The van der Waals surface area contributed by atoms with Crippen molar-refractivity contribution < 1.29 is 0 Å². The number of thiophene rings is 1. The molecule has 0 aliphatic carbocycles. The van der Waals surface area contributed by atoms with Gasteiger partial charge in [-0.1, -0.05) is 12.8 Å². The molecule has 1 rings (SSSR count). The van der Waals surface area contributed by atoms with Gasteiger partial charge in [-0.05, 0) is 63.7 Å². The molecule has 0 atom stereocenters. The van der Waals surface area contributed by atoms with Crippen LogP contribution in [-0.4, -0.2) is 6.54 Å². The van der Waals surface area contributed by atoms with Gasteiger partial charge in [-0.2, -0.15) is 0 Å². The highest BCUT2D eigenvalue weighted by atomic mass is 79.9. The maximum atomic E-state index is 5.43. The van der Waals surface area contributed by atoms with Gasteiger partial charge in [-0.3, -0.25) is 0 Å². The molecule has 0 aromatic carbocycles. The van der Waals surface area contributed by atoms with E-state index in [1.54, 1.807) is 0 Å². The van der Waals surface area contributed by atoms with Gasteiger partial charge in [0.2, 0.25) is 0 Å². The Morgan fingerprint density at radius 2 is 1.86 bits per heavy atom. The van der Waals surface area contributed by atoms with Crippen LogP contribution in [0.4, 0.5) is 0 Å². The third kappa shape index (κ3) is 4.43. The number of nitrogens with two attached hydrogens (primary N) is 1. The average Bonchev–Trinajstić information content (AvgIpc) is 2.46. The van der Waals surface area contributed by atoms with Gasteiger partial charge < -0.3 is 5.73 Å². The standard InChI is InChI=1S/C10H15Br2NS/c11-9-7-8(14-10(9)12)5-3-1-2-4-6-13/h7H,1-6,13H2. The quantitative estimate of drug-likeness (QED) is 0.766. The lowest BCUT2D eigenvalue weighted by molar-refractivity contribution is 0.649. The topological polar surface area (TPSA) is 26.0 Å². The number of rotatable bonds is 6. The van der Waals surface area contributed by atoms with Crippen LogP contribution in [0.2, 0.25) is 0 Å². The molecule has 4 heteroatoms. The first kappa shape index (κ1) is 12.7. The van der Waals surface area contributed by atoms with Gasteiger partial charge in [-0.25, -0.2) is 0 Å². The number of aryl methyl sites for hydroxylation is 1. The number of unbranched alkanes of at least 4 members (excludes halogenated alkanes) is 3. The van der Waals surface area contributed by atoms with E-state index in [2.05, 4.69) is 37.9 Å². The molecule has 0 fully saturated rings. The predicted octanol–water partition coefficient (Wildman–Crippen LogP) is 4.33. The summed E-state index contributed by atoms with van der Waals surface area (Å²) in [4.78, 5) is 1.46.